The molecule has 0 radical (unpaired) electrons. The van der Waals surface area contributed by atoms with Gasteiger partial charge < -0.3 is 0 Å². The summed E-state index contributed by atoms with van der Waals surface area (Å²) < 4.78 is 25.3. The summed E-state index contributed by atoms with van der Waals surface area (Å²) in [6.07, 6.45) is 1.36. The first-order valence-corrected chi connectivity index (χ1v) is 12.1. The van der Waals surface area contributed by atoms with Crippen molar-refractivity contribution in [2.45, 2.75) is 39.5 Å². The van der Waals surface area contributed by atoms with Crippen molar-refractivity contribution < 1.29 is 18.0 Å². The predicted molar refractivity (Wildman–Crippen MR) is 126 cm³/mol. The molecule has 1 aliphatic rings. The maximum Gasteiger partial charge on any atom is 0.328 e. The minimum absolute atomic E-state index is 0.163. The number of rotatable bonds is 3. The molecule has 0 atom stereocenters. The highest BCUT2D eigenvalue weighted by molar-refractivity contribution is 7.92. The van der Waals surface area contributed by atoms with Crippen LogP contribution in [0.1, 0.15) is 49.4 Å². The van der Waals surface area contributed by atoms with Crippen molar-refractivity contribution in [2.75, 3.05) is 22.4 Å². The molecular formula is C24H27N3O4S. The zero-order valence-electron chi connectivity index (χ0n) is 18.9. The lowest BCUT2D eigenvalue weighted by Gasteiger charge is -2.29. The molecule has 168 valence electrons. The van der Waals surface area contributed by atoms with Crippen LogP contribution in [0.2, 0.25) is 0 Å². The Morgan fingerprint density at radius 3 is 2.38 bits per heavy atom. The van der Waals surface area contributed by atoms with Crippen molar-refractivity contribution in [1.29, 1.82) is 0 Å². The average molecular weight is 454 g/mol. The number of hydrogen-bond acceptors (Lipinski definition) is 4. The number of urea groups is 1. The first kappa shape index (κ1) is 23.4. The number of aryl methyl sites for hydroxylation is 1. The fraction of sp³-hybridized carbons (Fsp3) is 0.333. The number of nitrogens with one attached hydrogen (secondary N) is 2. The Hall–Kier alpha value is -3.31. The van der Waals surface area contributed by atoms with Crippen molar-refractivity contribution in [3.05, 3.63) is 58.7 Å². The second-order valence-electron chi connectivity index (χ2n) is 8.93. The van der Waals surface area contributed by atoms with Gasteiger partial charge in [0.15, 0.2) is 0 Å². The van der Waals surface area contributed by atoms with Crippen LogP contribution in [0.25, 0.3) is 0 Å². The first-order chi connectivity index (χ1) is 14.8. The largest absolute Gasteiger partial charge is 0.328 e. The number of carbonyl (C=O) groups excluding carboxylic acids is 2. The lowest BCUT2D eigenvalue weighted by molar-refractivity contribution is -0.120. The van der Waals surface area contributed by atoms with E-state index in [1.807, 2.05) is 25.1 Å². The summed E-state index contributed by atoms with van der Waals surface area (Å²) in [5, 5.41) is 2.36. The molecule has 1 heterocycles. The van der Waals surface area contributed by atoms with E-state index in [4.69, 9.17) is 0 Å². The molecule has 8 heteroatoms. The molecule has 2 aromatic carbocycles. The Balaban J connectivity index is 1.98. The summed E-state index contributed by atoms with van der Waals surface area (Å²) in [5.41, 5.74) is 4.39. The van der Waals surface area contributed by atoms with Crippen LogP contribution >= 0.6 is 0 Å². The van der Waals surface area contributed by atoms with Crippen molar-refractivity contribution in [3.63, 3.8) is 0 Å². The van der Waals surface area contributed by atoms with Gasteiger partial charge in [-0.05, 0) is 59.9 Å². The molecule has 0 aliphatic carbocycles. The zero-order valence-corrected chi connectivity index (χ0v) is 19.7. The molecule has 2 N–H and O–H groups in total. The van der Waals surface area contributed by atoms with Gasteiger partial charge in [-0.2, -0.15) is 0 Å². The minimum Gasteiger partial charge on any atom is -0.294 e. The first-order valence-electron chi connectivity index (χ1n) is 10.2. The summed E-state index contributed by atoms with van der Waals surface area (Å²) in [6, 6.07) is 10.5. The van der Waals surface area contributed by atoms with E-state index in [0.29, 0.717) is 17.9 Å². The summed E-state index contributed by atoms with van der Waals surface area (Å²) in [5.74, 6) is 6.04. The molecule has 0 bridgehead atoms. The third kappa shape index (κ3) is 5.89. The highest BCUT2D eigenvalue weighted by Gasteiger charge is 2.26. The summed E-state index contributed by atoms with van der Waals surface area (Å²) in [6.45, 7) is 8.44. The predicted octanol–water partition coefficient (Wildman–Crippen LogP) is 3.51. The van der Waals surface area contributed by atoms with Crippen LogP contribution in [0, 0.1) is 18.8 Å². The van der Waals surface area contributed by atoms with Gasteiger partial charge in [0.2, 0.25) is 15.9 Å². The van der Waals surface area contributed by atoms with Crippen LogP contribution in [0.15, 0.2) is 36.4 Å². The van der Waals surface area contributed by atoms with Crippen molar-refractivity contribution in [1.82, 2.24) is 5.32 Å². The quantitative estimate of drug-likeness (QED) is 0.695. The molecule has 32 heavy (non-hydrogen) atoms. The molecular weight excluding hydrogens is 426 g/mol. The molecule has 0 aromatic heterocycles. The van der Waals surface area contributed by atoms with E-state index in [1.54, 1.807) is 23.1 Å². The normalized spacial score (nSPS) is 14.5. The number of sulfonamides is 1. The second kappa shape index (κ2) is 8.67. The van der Waals surface area contributed by atoms with Gasteiger partial charge in [0.05, 0.1) is 6.26 Å². The maximum atomic E-state index is 12.3. The standard InChI is InChI=1S/C24H27N3O4S/c1-16-12-20(26-32(5,30)31)9-8-18(16)7-6-17-13-19(24(2,3)4)15-21(14-17)27-11-10-22(28)25-23(27)29/h8-9,12-15,26H,10-11H2,1-5H3,(H,25,28,29). The number of carbonyl (C=O) groups is 2. The topological polar surface area (TPSA) is 95.6 Å². The minimum atomic E-state index is -3.35. The molecule has 0 spiro atoms. The maximum absolute atomic E-state index is 12.3. The number of hydrogen-bond donors (Lipinski definition) is 2. The average Bonchev–Trinajstić information content (AvgIpc) is 2.65. The molecule has 3 rings (SSSR count). The number of amides is 3. The van der Waals surface area contributed by atoms with Gasteiger partial charge in [0.25, 0.3) is 0 Å². The summed E-state index contributed by atoms with van der Waals surface area (Å²) in [7, 11) is -3.35. The Morgan fingerprint density at radius 2 is 1.78 bits per heavy atom. The van der Waals surface area contributed by atoms with E-state index in [1.165, 1.54) is 0 Å². The van der Waals surface area contributed by atoms with Gasteiger partial charge in [-0.25, -0.2) is 13.2 Å². The number of imide groups is 1. The lowest BCUT2D eigenvalue weighted by atomic mass is 9.85. The zero-order chi connectivity index (χ0) is 23.7. The van der Waals surface area contributed by atoms with Crippen LogP contribution < -0.4 is 14.9 Å². The van der Waals surface area contributed by atoms with Crippen LogP contribution in [-0.2, 0) is 20.2 Å². The molecule has 7 nitrogen and oxygen atoms in total. The van der Waals surface area contributed by atoms with E-state index in [9.17, 15) is 18.0 Å². The van der Waals surface area contributed by atoms with Crippen LogP contribution in [-0.4, -0.2) is 33.2 Å². The fourth-order valence-electron chi connectivity index (χ4n) is 3.30. The Kier molecular flexibility index (Phi) is 6.33. The van der Waals surface area contributed by atoms with Crippen molar-refractivity contribution in [2.24, 2.45) is 0 Å². The highest BCUT2D eigenvalue weighted by Crippen LogP contribution is 2.29. The van der Waals surface area contributed by atoms with Gasteiger partial charge in [0, 0.05) is 35.5 Å². The van der Waals surface area contributed by atoms with Gasteiger partial charge in [-0.3, -0.25) is 19.7 Å². The van der Waals surface area contributed by atoms with E-state index in [2.05, 4.69) is 42.7 Å². The molecule has 1 saturated heterocycles. The molecule has 0 saturated carbocycles. The molecule has 2 aromatic rings. The van der Waals surface area contributed by atoms with Gasteiger partial charge >= 0.3 is 6.03 Å². The SMILES string of the molecule is Cc1cc(NS(C)(=O)=O)ccc1C#Cc1cc(N2CCC(=O)NC2=O)cc(C(C)(C)C)c1. The van der Waals surface area contributed by atoms with Crippen molar-refractivity contribution >= 4 is 33.3 Å². The Labute approximate surface area is 189 Å². The van der Waals surface area contributed by atoms with E-state index in [-0.39, 0.29) is 17.7 Å². The Bertz CT molecular complexity index is 1250. The number of nitrogens with zero attached hydrogens (tertiary/aromatic N) is 1. The van der Waals surface area contributed by atoms with Crippen LogP contribution in [0.4, 0.5) is 16.2 Å². The molecule has 0 unspecified atom stereocenters. The lowest BCUT2D eigenvalue weighted by Crippen LogP contribution is -2.49. The monoisotopic (exact) mass is 453 g/mol. The molecule has 1 fully saturated rings. The van der Waals surface area contributed by atoms with E-state index < -0.39 is 16.1 Å². The fourth-order valence-corrected chi connectivity index (χ4v) is 3.86. The van der Waals surface area contributed by atoms with Gasteiger partial charge in [0.1, 0.15) is 0 Å². The van der Waals surface area contributed by atoms with Crippen LogP contribution in [0.3, 0.4) is 0 Å². The highest BCUT2D eigenvalue weighted by atomic mass is 32.2. The third-order valence-corrected chi connectivity index (χ3v) is 5.63. The molecule has 1 aliphatic heterocycles. The third-order valence-electron chi connectivity index (χ3n) is 5.02. The van der Waals surface area contributed by atoms with Crippen molar-refractivity contribution in [3.8, 4) is 11.8 Å². The smallest absolute Gasteiger partial charge is 0.294 e. The number of anilines is 2. The molecule has 3 amide bonds. The van der Waals surface area contributed by atoms with Gasteiger partial charge in [-0.15, -0.1) is 0 Å². The van der Waals surface area contributed by atoms with E-state index >= 15 is 0 Å². The Morgan fingerprint density at radius 1 is 1.06 bits per heavy atom. The summed E-state index contributed by atoms with van der Waals surface area (Å²) in [4.78, 5) is 25.4. The van der Waals surface area contributed by atoms with E-state index in [0.717, 1.165) is 28.5 Å². The van der Waals surface area contributed by atoms with Crippen LogP contribution in [0.5, 0.6) is 0 Å². The summed E-state index contributed by atoms with van der Waals surface area (Å²) >= 11 is 0. The second-order valence-corrected chi connectivity index (χ2v) is 10.7. The number of benzene rings is 2. The van der Waals surface area contributed by atoms with Gasteiger partial charge in [-0.1, -0.05) is 32.6 Å².